The summed E-state index contributed by atoms with van der Waals surface area (Å²) in [5.74, 6) is 0.596. The highest BCUT2D eigenvalue weighted by Gasteiger charge is 2.11. The highest BCUT2D eigenvalue weighted by atomic mass is 16.1. The van der Waals surface area contributed by atoms with E-state index in [1.54, 1.807) is 0 Å². The highest BCUT2D eigenvalue weighted by molar-refractivity contribution is 5.72. The van der Waals surface area contributed by atoms with Gasteiger partial charge in [-0.1, -0.05) is 68.4 Å². The minimum atomic E-state index is 0.0843. The Balaban J connectivity index is 2.13. The first-order valence-electron chi connectivity index (χ1n) is 8.39. The normalized spacial score (nSPS) is 11.0. The Morgan fingerprint density at radius 3 is 2.17 bits per heavy atom. The summed E-state index contributed by atoms with van der Waals surface area (Å²) in [4.78, 5) is 13.0. The summed E-state index contributed by atoms with van der Waals surface area (Å²) in [5.41, 5.74) is 4.80. The van der Waals surface area contributed by atoms with Crippen molar-refractivity contribution in [1.82, 2.24) is 4.57 Å². The van der Waals surface area contributed by atoms with Crippen LogP contribution in [-0.2, 0) is 13.5 Å². The van der Waals surface area contributed by atoms with Gasteiger partial charge in [-0.25, -0.2) is 0 Å². The fraction of sp³-hybridized carbons (Fsp3) is 0.227. The molecular weight excluding hydrogens is 294 g/mol. The lowest BCUT2D eigenvalue weighted by Crippen LogP contribution is -2.11. The topological polar surface area (TPSA) is 22.0 Å². The maximum Gasteiger partial charge on any atom is 0.197 e. The molecule has 0 atom stereocenters. The molecule has 2 heteroatoms. The standard InChI is InChI=1S/C22H23NO/c1-16(2)12-17-8-7-11-19(13-17)21-15-23(3)14-20(22(21)24)18-9-5-4-6-10-18/h4-11,13-16H,12H2,1-3H3. The van der Waals surface area contributed by atoms with Gasteiger partial charge in [-0.05, 0) is 29.0 Å². The minimum absolute atomic E-state index is 0.0843. The Morgan fingerprint density at radius 1 is 0.875 bits per heavy atom. The highest BCUT2D eigenvalue weighted by Crippen LogP contribution is 2.22. The average Bonchev–Trinajstić information content (AvgIpc) is 2.57. The van der Waals surface area contributed by atoms with Crippen molar-refractivity contribution in [2.75, 3.05) is 0 Å². The van der Waals surface area contributed by atoms with Gasteiger partial charge in [0.1, 0.15) is 0 Å². The van der Waals surface area contributed by atoms with Crippen molar-refractivity contribution in [2.45, 2.75) is 20.3 Å². The van der Waals surface area contributed by atoms with E-state index in [1.165, 1.54) is 5.56 Å². The lowest BCUT2D eigenvalue weighted by atomic mass is 9.97. The third-order valence-electron chi connectivity index (χ3n) is 4.12. The summed E-state index contributed by atoms with van der Waals surface area (Å²) in [6.45, 7) is 4.42. The zero-order valence-electron chi connectivity index (χ0n) is 14.5. The Bertz CT molecular complexity index is 891. The molecule has 1 heterocycles. The van der Waals surface area contributed by atoms with Crippen molar-refractivity contribution in [1.29, 1.82) is 0 Å². The number of hydrogen-bond donors (Lipinski definition) is 0. The van der Waals surface area contributed by atoms with E-state index in [-0.39, 0.29) is 5.43 Å². The first-order chi connectivity index (χ1) is 11.5. The molecule has 0 spiro atoms. The molecule has 24 heavy (non-hydrogen) atoms. The fourth-order valence-corrected chi connectivity index (χ4v) is 3.07. The van der Waals surface area contributed by atoms with E-state index in [0.29, 0.717) is 5.92 Å². The summed E-state index contributed by atoms with van der Waals surface area (Å²) in [7, 11) is 1.97. The maximum atomic E-state index is 13.0. The molecule has 122 valence electrons. The third-order valence-corrected chi connectivity index (χ3v) is 4.12. The van der Waals surface area contributed by atoms with Crippen molar-refractivity contribution >= 4 is 0 Å². The summed E-state index contributed by atoms with van der Waals surface area (Å²) in [6, 6.07) is 18.2. The summed E-state index contributed by atoms with van der Waals surface area (Å²) >= 11 is 0. The molecule has 3 aromatic rings. The van der Waals surface area contributed by atoms with Crippen molar-refractivity contribution in [3.8, 4) is 22.3 Å². The smallest absolute Gasteiger partial charge is 0.197 e. The molecule has 0 amide bonds. The monoisotopic (exact) mass is 317 g/mol. The number of aromatic nitrogens is 1. The van der Waals surface area contributed by atoms with Crippen LogP contribution in [0.25, 0.3) is 22.3 Å². The zero-order valence-corrected chi connectivity index (χ0v) is 14.5. The van der Waals surface area contributed by atoms with Crippen molar-refractivity contribution in [3.63, 3.8) is 0 Å². The Labute approximate surface area is 143 Å². The van der Waals surface area contributed by atoms with Gasteiger partial charge in [0.05, 0.1) is 0 Å². The Hall–Kier alpha value is -2.61. The molecule has 0 saturated heterocycles. The van der Waals surface area contributed by atoms with E-state index in [4.69, 9.17) is 0 Å². The lowest BCUT2D eigenvalue weighted by Gasteiger charge is -2.11. The van der Waals surface area contributed by atoms with Gasteiger partial charge in [-0.15, -0.1) is 0 Å². The average molecular weight is 317 g/mol. The van der Waals surface area contributed by atoms with Crippen molar-refractivity contribution in [2.24, 2.45) is 13.0 Å². The largest absolute Gasteiger partial charge is 0.356 e. The van der Waals surface area contributed by atoms with Gasteiger partial charge < -0.3 is 4.57 Å². The van der Waals surface area contributed by atoms with Gasteiger partial charge in [0.15, 0.2) is 5.43 Å². The first-order valence-corrected chi connectivity index (χ1v) is 8.39. The number of aryl methyl sites for hydroxylation is 1. The molecule has 2 aromatic carbocycles. The van der Waals surface area contributed by atoms with Crippen molar-refractivity contribution in [3.05, 3.63) is 82.8 Å². The maximum absolute atomic E-state index is 13.0. The van der Waals surface area contributed by atoms with E-state index in [0.717, 1.165) is 28.7 Å². The zero-order chi connectivity index (χ0) is 17.1. The van der Waals surface area contributed by atoms with E-state index >= 15 is 0 Å². The number of hydrogen-bond acceptors (Lipinski definition) is 1. The molecule has 0 aliphatic heterocycles. The molecule has 0 N–H and O–H groups in total. The molecule has 0 aliphatic carbocycles. The predicted molar refractivity (Wildman–Crippen MR) is 101 cm³/mol. The molecular formula is C22H23NO. The van der Waals surface area contributed by atoms with Crippen LogP contribution in [0.1, 0.15) is 19.4 Å². The van der Waals surface area contributed by atoms with E-state index in [9.17, 15) is 4.79 Å². The van der Waals surface area contributed by atoms with Crippen LogP contribution in [0, 0.1) is 5.92 Å². The quantitative estimate of drug-likeness (QED) is 0.669. The van der Waals surface area contributed by atoms with Crippen molar-refractivity contribution < 1.29 is 0 Å². The first kappa shape index (κ1) is 16.3. The Morgan fingerprint density at radius 2 is 1.50 bits per heavy atom. The van der Waals surface area contributed by atoms with Crippen LogP contribution in [0.5, 0.6) is 0 Å². The molecule has 0 fully saturated rings. The number of rotatable bonds is 4. The van der Waals surface area contributed by atoms with Crippen LogP contribution in [0.4, 0.5) is 0 Å². The SMILES string of the molecule is CC(C)Cc1cccc(-c2cn(C)cc(-c3ccccc3)c2=O)c1. The molecule has 0 radical (unpaired) electrons. The van der Waals surface area contributed by atoms with Crippen LogP contribution in [-0.4, -0.2) is 4.57 Å². The molecule has 0 bridgehead atoms. The summed E-state index contributed by atoms with van der Waals surface area (Å²) in [5, 5.41) is 0. The van der Waals surface area contributed by atoms with Crippen LogP contribution >= 0.6 is 0 Å². The number of nitrogens with zero attached hydrogens (tertiary/aromatic N) is 1. The molecule has 3 rings (SSSR count). The van der Waals surface area contributed by atoms with E-state index in [2.05, 4.69) is 26.0 Å². The number of pyridine rings is 1. The van der Waals surface area contributed by atoms with Crippen LogP contribution < -0.4 is 5.43 Å². The Kier molecular flexibility index (Phi) is 4.66. The second-order valence-electron chi connectivity index (χ2n) is 6.74. The van der Waals surface area contributed by atoms with Crippen LogP contribution in [0.3, 0.4) is 0 Å². The fourth-order valence-electron chi connectivity index (χ4n) is 3.07. The second-order valence-corrected chi connectivity index (χ2v) is 6.74. The van der Waals surface area contributed by atoms with Crippen LogP contribution in [0.2, 0.25) is 0 Å². The van der Waals surface area contributed by atoms with Gasteiger partial charge in [-0.3, -0.25) is 4.79 Å². The third kappa shape index (κ3) is 3.48. The minimum Gasteiger partial charge on any atom is -0.356 e. The van der Waals surface area contributed by atoms with E-state index in [1.807, 2.05) is 66.5 Å². The second kappa shape index (κ2) is 6.88. The molecule has 2 nitrogen and oxygen atoms in total. The lowest BCUT2D eigenvalue weighted by molar-refractivity contribution is 0.647. The molecule has 1 aromatic heterocycles. The summed E-state index contributed by atoms with van der Waals surface area (Å²) < 4.78 is 1.97. The van der Waals surface area contributed by atoms with Crippen LogP contribution in [0.15, 0.2) is 71.8 Å². The molecule has 0 saturated carbocycles. The molecule has 0 unspecified atom stereocenters. The van der Waals surface area contributed by atoms with Gasteiger partial charge in [0, 0.05) is 30.6 Å². The van der Waals surface area contributed by atoms with E-state index < -0.39 is 0 Å². The van der Waals surface area contributed by atoms with Gasteiger partial charge in [-0.2, -0.15) is 0 Å². The molecule has 0 aliphatic rings. The van der Waals surface area contributed by atoms with Gasteiger partial charge >= 0.3 is 0 Å². The number of benzene rings is 2. The van der Waals surface area contributed by atoms with Gasteiger partial charge in [0.2, 0.25) is 0 Å². The summed E-state index contributed by atoms with van der Waals surface area (Å²) in [6.07, 6.45) is 4.84. The van der Waals surface area contributed by atoms with Gasteiger partial charge in [0.25, 0.3) is 0 Å². The predicted octanol–water partition coefficient (Wildman–Crippen LogP) is 4.92.